The molecule has 3 rings (SSSR count). The van der Waals surface area contributed by atoms with Gasteiger partial charge in [-0.3, -0.25) is 0 Å². The Morgan fingerprint density at radius 3 is 2.71 bits per heavy atom. The van der Waals surface area contributed by atoms with E-state index >= 15 is 0 Å². The van der Waals surface area contributed by atoms with Gasteiger partial charge in [0.1, 0.15) is 0 Å². The Morgan fingerprint density at radius 1 is 1.18 bits per heavy atom. The van der Waals surface area contributed by atoms with E-state index < -0.39 is 17.7 Å². The number of hydrogen-bond acceptors (Lipinski definition) is 5. The highest BCUT2D eigenvalue weighted by molar-refractivity contribution is 5.87. The maximum Gasteiger partial charge on any atom is 0.416 e. The van der Waals surface area contributed by atoms with Crippen LogP contribution < -0.4 is 0 Å². The first-order chi connectivity index (χ1) is 13.3. The number of nitrogens with zero attached hydrogens (tertiary/aromatic N) is 2. The summed E-state index contributed by atoms with van der Waals surface area (Å²) in [4.78, 5) is 15.9. The van der Waals surface area contributed by atoms with Gasteiger partial charge in [-0.1, -0.05) is 41.6 Å². The van der Waals surface area contributed by atoms with Crippen molar-refractivity contribution in [1.29, 1.82) is 0 Å². The molecule has 0 saturated carbocycles. The van der Waals surface area contributed by atoms with Crippen LogP contribution in [0.15, 0.2) is 59.1 Å². The van der Waals surface area contributed by atoms with Crippen molar-refractivity contribution >= 4 is 12.0 Å². The van der Waals surface area contributed by atoms with Gasteiger partial charge in [-0.15, -0.1) is 0 Å². The maximum absolute atomic E-state index is 12.7. The molecule has 0 aliphatic rings. The Balaban J connectivity index is 1.59. The Kier molecular flexibility index (Phi) is 5.58. The van der Waals surface area contributed by atoms with Gasteiger partial charge in [-0.05, 0) is 36.3 Å². The van der Waals surface area contributed by atoms with Crippen LogP contribution in [0.3, 0.4) is 0 Å². The fourth-order valence-corrected chi connectivity index (χ4v) is 2.41. The number of carbonyl (C=O) groups is 1. The molecular weight excluding hydrogens is 373 g/mol. The fourth-order valence-electron chi connectivity index (χ4n) is 2.41. The molecule has 1 heterocycles. The fraction of sp³-hybridized carbons (Fsp3) is 0.150. The van der Waals surface area contributed by atoms with Crippen LogP contribution in [0.4, 0.5) is 13.2 Å². The molecule has 0 N–H and O–H groups in total. The van der Waals surface area contributed by atoms with Crippen LogP contribution >= 0.6 is 0 Å². The van der Waals surface area contributed by atoms with E-state index in [1.165, 1.54) is 18.2 Å². The molecule has 0 fully saturated rings. The Morgan fingerprint density at radius 2 is 1.96 bits per heavy atom. The summed E-state index contributed by atoms with van der Waals surface area (Å²) in [6.45, 7) is 1.66. The minimum Gasteiger partial charge on any atom is -0.452 e. The normalized spacial score (nSPS) is 11.7. The summed E-state index contributed by atoms with van der Waals surface area (Å²) >= 11 is 0. The summed E-state index contributed by atoms with van der Waals surface area (Å²) in [7, 11) is 0. The van der Waals surface area contributed by atoms with Gasteiger partial charge in [0.15, 0.2) is 6.61 Å². The van der Waals surface area contributed by atoms with Gasteiger partial charge in [-0.25, -0.2) is 4.79 Å². The Labute approximate surface area is 158 Å². The van der Waals surface area contributed by atoms with Crippen LogP contribution in [-0.2, 0) is 22.3 Å². The summed E-state index contributed by atoms with van der Waals surface area (Å²) in [6, 6.07) is 12.1. The largest absolute Gasteiger partial charge is 0.452 e. The zero-order valence-electron chi connectivity index (χ0n) is 14.7. The van der Waals surface area contributed by atoms with Gasteiger partial charge in [0.2, 0.25) is 5.82 Å². The third-order valence-corrected chi connectivity index (χ3v) is 3.82. The van der Waals surface area contributed by atoms with E-state index in [2.05, 4.69) is 10.1 Å². The molecule has 0 unspecified atom stereocenters. The zero-order chi connectivity index (χ0) is 20.1. The molecule has 0 saturated heterocycles. The quantitative estimate of drug-likeness (QED) is 0.463. The van der Waals surface area contributed by atoms with Crippen molar-refractivity contribution < 1.29 is 27.2 Å². The van der Waals surface area contributed by atoms with Crippen LogP contribution in [0.25, 0.3) is 17.5 Å². The smallest absolute Gasteiger partial charge is 0.416 e. The molecule has 5 nitrogen and oxygen atoms in total. The molecule has 28 heavy (non-hydrogen) atoms. The molecular formula is C20H15F3N2O3. The Bertz CT molecular complexity index is 1010. The summed E-state index contributed by atoms with van der Waals surface area (Å²) in [5.41, 5.74) is 1.20. The van der Waals surface area contributed by atoms with Crippen molar-refractivity contribution in [3.05, 3.63) is 77.2 Å². The lowest BCUT2D eigenvalue weighted by Gasteiger charge is -2.06. The number of aryl methyl sites for hydroxylation is 1. The molecule has 2 aromatic carbocycles. The van der Waals surface area contributed by atoms with E-state index in [0.717, 1.165) is 29.3 Å². The highest BCUT2D eigenvalue weighted by Crippen LogP contribution is 2.29. The first-order valence-corrected chi connectivity index (χ1v) is 8.23. The minimum absolute atomic E-state index is 0.110. The van der Waals surface area contributed by atoms with Gasteiger partial charge in [0, 0.05) is 11.6 Å². The van der Waals surface area contributed by atoms with Crippen LogP contribution in [0.5, 0.6) is 0 Å². The number of esters is 1. The summed E-state index contributed by atoms with van der Waals surface area (Å²) < 4.78 is 48.1. The molecule has 144 valence electrons. The third-order valence-electron chi connectivity index (χ3n) is 3.82. The predicted molar refractivity (Wildman–Crippen MR) is 94.7 cm³/mol. The number of hydrogen-bond donors (Lipinski definition) is 0. The van der Waals surface area contributed by atoms with Crippen LogP contribution in [0.2, 0.25) is 0 Å². The van der Waals surface area contributed by atoms with E-state index in [9.17, 15) is 18.0 Å². The molecule has 0 atom stereocenters. The highest BCUT2D eigenvalue weighted by Gasteiger charge is 2.30. The van der Waals surface area contributed by atoms with E-state index in [1.807, 2.05) is 31.2 Å². The molecule has 0 radical (unpaired) electrons. The lowest BCUT2D eigenvalue weighted by atomic mass is 10.1. The van der Waals surface area contributed by atoms with Gasteiger partial charge in [0.05, 0.1) is 5.56 Å². The van der Waals surface area contributed by atoms with Crippen molar-refractivity contribution in [2.24, 2.45) is 0 Å². The SMILES string of the molecule is Cc1ccccc1-c1noc(COC(=O)/C=C/c2cccc(C(F)(F)F)c2)n1. The highest BCUT2D eigenvalue weighted by atomic mass is 19.4. The monoisotopic (exact) mass is 388 g/mol. The van der Waals surface area contributed by atoms with Gasteiger partial charge in [-0.2, -0.15) is 18.2 Å². The van der Waals surface area contributed by atoms with E-state index in [4.69, 9.17) is 9.26 Å². The number of alkyl halides is 3. The molecule has 0 spiro atoms. The topological polar surface area (TPSA) is 65.2 Å². The maximum atomic E-state index is 12.7. The first kappa shape index (κ1) is 19.3. The van der Waals surface area contributed by atoms with Crippen molar-refractivity contribution in [3.8, 4) is 11.4 Å². The molecule has 0 aliphatic heterocycles. The molecule has 8 heteroatoms. The second kappa shape index (κ2) is 8.08. The third kappa shape index (κ3) is 4.85. The lowest BCUT2D eigenvalue weighted by molar-refractivity contribution is -0.139. The van der Waals surface area contributed by atoms with E-state index in [-0.39, 0.29) is 18.1 Å². The van der Waals surface area contributed by atoms with Crippen LogP contribution in [-0.4, -0.2) is 16.1 Å². The number of ether oxygens (including phenoxy) is 1. The summed E-state index contributed by atoms with van der Waals surface area (Å²) in [6.07, 6.45) is -2.17. The number of benzene rings is 2. The zero-order valence-corrected chi connectivity index (χ0v) is 14.7. The van der Waals surface area contributed by atoms with Crippen LogP contribution in [0.1, 0.15) is 22.6 Å². The number of halogens is 3. The number of aromatic nitrogens is 2. The molecule has 0 bridgehead atoms. The average Bonchev–Trinajstić information content (AvgIpc) is 3.13. The van der Waals surface area contributed by atoms with Gasteiger partial charge < -0.3 is 9.26 Å². The molecule has 3 aromatic rings. The number of carbonyl (C=O) groups excluding carboxylic acids is 1. The average molecular weight is 388 g/mol. The summed E-state index contributed by atoms with van der Waals surface area (Å²) in [5, 5.41) is 3.85. The minimum atomic E-state index is -4.45. The van der Waals surface area contributed by atoms with Crippen molar-refractivity contribution in [3.63, 3.8) is 0 Å². The molecule has 0 aliphatic carbocycles. The second-order valence-corrected chi connectivity index (χ2v) is 5.89. The van der Waals surface area contributed by atoms with Crippen molar-refractivity contribution in [2.75, 3.05) is 0 Å². The van der Waals surface area contributed by atoms with E-state index in [0.29, 0.717) is 5.82 Å². The molecule has 0 amide bonds. The van der Waals surface area contributed by atoms with Crippen LogP contribution in [0, 0.1) is 6.92 Å². The predicted octanol–water partition coefficient (Wildman–Crippen LogP) is 4.82. The Hall–Kier alpha value is -3.42. The number of rotatable bonds is 5. The van der Waals surface area contributed by atoms with Crippen molar-refractivity contribution in [2.45, 2.75) is 19.7 Å². The summed E-state index contributed by atoms with van der Waals surface area (Å²) in [5.74, 6) is -0.254. The molecule has 1 aromatic heterocycles. The lowest BCUT2D eigenvalue weighted by Crippen LogP contribution is -2.04. The standard InChI is InChI=1S/C20H15F3N2O3/c1-13-5-2-3-8-16(13)19-24-17(28-25-19)12-27-18(26)10-9-14-6-4-7-15(11-14)20(21,22)23/h2-11H,12H2,1H3/b10-9+. The first-order valence-electron chi connectivity index (χ1n) is 8.23. The van der Waals surface area contributed by atoms with Gasteiger partial charge >= 0.3 is 12.1 Å². The van der Waals surface area contributed by atoms with E-state index in [1.54, 1.807) is 0 Å². The van der Waals surface area contributed by atoms with Crippen molar-refractivity contribution in [1.82, 2.24) is 10.1 Å². The van der Waals surface area contributed by atoms with Gasteiger partial charge in [0.25, 0.3) is 5.89 Å². The second-order valence-electron chi connectivity index (χ2n) is 5.89.